The maximum absolute atomic E-state index is 5.97. The van der Waals surface area contributed by atoms with Gasteiger partial charge >= 0.3 is 0 Å². The summed E-state index contributed by atoms with van der Waals surface area (Å²) in [7, 11) is 0. The molecule has 0 aliphatic carbocycles. The summed E-state index contributed by atoms with van der Waals surface area (Å²) in [4.78, 5) is 4.31. The van der Waals surface area contributed by atoms with E-state index in [-0.39, 0.29) is 0 Å². The van der Waals surface area contributed by atoms with Gasteiger partial charge in [-0.05, 0) is 56.0 Å². The van der Waals surface area contributed by atoms with Crippen molar-refractivity contribution in [1.29, 1.82) is 0 Å². The minimum absolute atomic E-state index is 0.544. The highest BCUT2D eigenvalue weighted by molar-refractivity contribution is 5.58. The van der Waals surface area contributed by atoms with E-state index in [1.165, 1.54) is 5.56 Å². The van der Waals surface area contributed by atoms with Crippen molar-refractivity contribution in [2.45, 2.75) is 33.1 Å². The molecular weight excluding hydrogens is 276 g/mol. The van der Waals surface area contributed by atoms with Crippen LogP contribution in [0.1, 0.15) is 31.1 Å². The van der Waals surface area contributed by atoms with Gasteiger partial charge in [0, 0.05) is 11.5 Å². The summed E-state index contributed by atoms with van der Waals surface area (Å²) in [5.74, 6) is 3.67. The van der Waals surface area contributed by atoms with Crippen molar-refractivity contribution in [2.24, 2.45) is 17.6 Å². The molecule has 2 unspecified atom stereocenters. The second-order valence-corrected chi connectivity index (χ2v) is 6.12. The van der Waals surface area contributed by atoms with Crippen LogP contribution in [0.15, 0.2) is 28.8 Å². The fourth-order valence-corrected chi connectivity index (χ4v) is 3.33. The Kier molecular flexibility index (Phi) is 4.48. The number of benzene rings is 1. The molecule has 1 aromatic carbocycles. The number of hydrogen-bond acceptors (Lipinski definition) is 4. The van der Waals surface area contributed by atoms with Gasteiger partial charge in [0.25, 0.3) is 0 Å². The Hall–Kier alpha value is -1.81. The van der Waals surface area contributed by atoms with Crippen molar-refractivity contribution in [3.05, 3.63) is 35.7 Å². The first-order valence-electron chi connectivity index (χ1n) is 8.09. The van der Waals surface area contributed by atoms with Crippen molar-refractivity contribution in [3.8, 4) is 17.2 Å². The molecule has 0 spiro atoms. The maximum Gasteiger partial charge on any atom is 0.226 e. The molecule has 22 heavy (non-hydrogen) atoms. The van der Waals surface area contributed by atoms with E-state index in [0.717, 1.165) is 49.5 Å². The van der Waals surface area contributed by atoms with Crippen molar-refractivity contribution in [2.75, 3.05) is 13.2 Å². The molecule has 1 aliphatic rings. The molecule has 3 rings (SSSR count). The van der Waals surface area contributed by atoms with Gasteiger partial charge in [0.2, 0.25) is 5.89 Å². The first-order chi connectivity index (χ1) is 10.7. The molecule has 4 nitrogen and oxygen atoms in total. The molecule has 4 heteroatoms. The zero-order chi connectivity index (χ0) is 15.5. The molecular formula is C18H24N2O2. The summed E-state index contributed by atoms with van der Waals surface area (Å²) in [5.41, 5.74) is 8.01. The van der Waals surface area contributed by atoms with Crippen LogP contribution in [0.2, 0.25) is 0 Å². The molecule has 1 aliphatic heterocycles. The number of nitrogens with zero attached hydrogens (tertiary/aromatic N) is 1. The number of rotatable bonds is 5. The van der Waals surface area contributed by atoms with Crippen molar-refractivity contribution < 1.29 is 9.15 Å². The molecule has 2 N–H and O–H groups in total. The molecule has 0 radical (unpaired) electrons. The average molecular weight is 300 g/mol. The SMILES string of the molecule is CCC(CCN)C1COc2ccc(-c3ncc(C)o3)cc2C1. The molecule has 2 aromatic rings. The Morgan fingerprint density at radius 1 is 1.41 bits per heavy atom. The molecule has 118 valence electrons. The van der Waals surface area contributed by atoms with E-state index in [2.05, 4.69) is 18.0 Å². The highest BCUT2D eigenvalue weighted by Crippen LogP contribution is 2.35. The third-order valence-corrected chi connectivity index (χ3v) is 4.59. The highest BCUT2D eigenvalue weighted by Gasteiger charge is 2.26. The lowest BCUT2D eigenvalue weighted by atomic mass is 9.82. The summed E-state index contributed by atoms with van der Waals surface area (Å²) in [6, 6.07) is 6.20. The normalized spacial score (nSPS) is 18.6. The molecule has 2 atom stereocenters. The Bertz CT molecular complexity index is 636. The summed E-state index contributed by atoms with van der Waals surface area (Å²) >= 11 is 0. The lowest BCUT2D eigenvalue weighted by molar-refractivity contribution is 0.162. The molecule has 0 amide bonds. The van der Waals surface area contributed by atoms with Crippen LogP contribution in [0, 0.1) is 18.8 Å². The van der Waals surface area contributed by atoms with Crippen LogP contribution in [-0.2, 0) is 6.42 Å². The van der Waals surface area contributed by atoms with Crippen LogP contribution in [0.4, 0.5) is 0 Å². The smallest absolute Gasteiger partial charge is 0.226 e. The highest BCUT2D eigenvalue weighted by atomic mass is 16.5. The number of fused-ring (bicyclic) bond motifs is 1. The summed E-state index contributed by atoms with van der Waals surface area (Å²) in [6.45, 7) is 5.69. The molecule has 1 aromatic heterocycles. The number of hydrogen-bond donors (Lipinski definition) is 1. The molecule has 0 fully saturated rings. The number of ether oxygens (including phenoxy) is 1. The van der Waals surface area contributed by atoms with Crippen LogP contribution in [0.3, 0.4) is 0 Å². The quantitative estimate of drug-likeness (QED) is 0.917. The van der Waals surface area contributed by atoms with Gasteiger partial charge in [0.05, 0.1) is 12.8 Å². The average Bonchev–Trinajstić information content (AvgIpc) is 2.98. The van der Waals surface area contributed by atoms with E-state index < -0.39 is 0 Å². The van der Waals surface area contributed by atoms with E-state index in [0.29, 0.717) is 17.7 Å². The predicted octanol–water partition coefficient (Wildman–Crippen LogP) is 3.58. The van der Waals surface area contributed by atoms with Gasteiger partial charge in [-0.15, -0.1) is 0 Å². The van der Waals surface area contributed by atoms with Gasteiger partial charge in [-0.25, -0.2) is 4.98 Å². The van der Waals surface area contributed by atoms with Crippen molar-refractivity contribution in [1.82, 2.24) is 4.98 Å². The number of nitrogens with two attached hydrogens (primary N) is 1. The monoisotopic (exact) mass is 300 g/mol. The first-order valence-corrected chi connectivity index (χ1v) is 8.09. The molecule has 0 bridgehead atoms. The summed E-state index contributed by atoms with van der Waals surface area (Å²) < 4.78 is 11.6. The lowest BCUT2D eigenvalue weighted by Crippen LogP contribution is -2.29. The third-order valence-electron chi connectivity index (χ3n) is 4.59. The Morgan fingerprint density at radius 3 is 2.95 bits per heavy atom. The van der Waals surface area contributed by atoms with Gasteiger partial charge in [-0.3, -0.25) is 0 Å². The van der Waals surface area contributed by atoms with Crippen molar-refractivity contribution >= 4 is 0 Å². The number of aromatic nitrogens is 1. The van der Waals surface area contributed by atoms with E-state index in [1.807, 2.05) is 19.1 Å². The van der Waals surface area contributed by atoms with E-state index >= 15 is 0 Å². The minimum atomic E-state index is 0.544. The van der Waals surface area contributed by atoms with E-state index in [9.17, 15) is 0 Å². The van der Waals surface area contributed by atoms with Crippen LogP contribution >= 0.6 is 0 Å². The summed E-state index contributed by atoms with van der Waals surface area (Å²) in [6.07, 6.45) is 5.02. The van der Waals surface area contributed by atoms with Crippen LogP contribution in [0.5, 0.6) is 5.75 Å². The van der Waals surface area contributed by atoms with Crippen LogP contribution in [-0.4, -0.2) is 18.1 Å². The van der Waals surface area contributed by atoms with E-state index in [4.69, 9.17) is 14.9 Å². The van der Waals surface area contributed by atoms with Gasteiger partial charge < -0.3 is 14.9 Å². The van der Waals surface area contributed by atoms with Crippen molar-refractivity contribution in [3.63, 3.8) is 0 Å². The molecule has 0 saturated carbocycles. The Balaban J connectivity index is 1.83. The van der Waals surface area contributed by atoms with E-state index in [1.54, 1.807) is 6.20 Å². The molecule has 2 heterocycles. The Morgan fingerprint density at radius 2 is 2.27 bits per heavy atom. The first kappa shape index (κ1) is 15.1. The van der Waals surface area contributed by atoms with Crippen LogP contribution in [0.25, 0.3) is 11.5 Å². The fourth-order valence-electron chi connectivity index (χ4n) is 3.33. The second kappa shape index (κ2) is 6.53. The number of aryl methyl sites for hydroxylation is 1. The van der Waals surface area contributed by atoms with Gasteiger partial charge in [-0.1, -0.05) is 13.3 Å². The predicted molar refractivity (Wildman–Crippen MR) is 86.8 cm³/mol. The largest absolute Gasteiger partial charge is 0.493 e. The van der Waals surface area contributed by atoms with Gasteiger partial charge in [-0.2, -0.15) is 0 Å². The van der Waals surface area contributed by atoms with Crippen LogP contribution < -0.4 is 10.5 Å². The lowest BCUT2D eigenvalue weighted by Gasteiger charge is -2.31. The van der Waals surface area contributed by atoms with Gasteiger partial charge in [0.1, 0.15) is 11.5 Å². The minimum Gasteiger partial charge on any atom is -0.493 e. The zero-order valence-electron chi connectivity index (χ0n) is 13.3. The molecule has 0 saturated heterocycles. The summed E-state index contributed by atoms with van der Waals surface area (Å²) in [5, 5.41) is 0. The zero-order valence-corrected chi connectivity index (χ0v) is 13.3. The third kappa shape index (κ3) is 3.02. The topological polar surface area (TPSA) is 61.3 Å². The van der Waals surface area contributed by atoms with Gasteiger partial charge in [0.15, 0.2) is 0 Å². The second-order valence-electron chi connectivity index (χ2n) is 6.12. The number of oxazole rings is 1. The standard InChI is InChI=1S/C18H24N2O2/c1-3-13(6-7-19)16-9-15-8-14(4-5-17(15)21-11-16)18-20-10-12(2)22-18/h4-5,8,10,13,16H,3,6-7,9,11,19H2,1-2H3. The maximum atomic E-state index is 5.97. The fraction of sp³-hybridized carbons (Fsp3) is 0.500. The Labute approximate surface area is 131 Å².